The third kappa shape index (κ3) is 7.35. The topological polar surface area (TPSA) is 124 Å². The molecule has 2 aliphatic rings. The molecule has 3 rings (SSSR count). The first-order chi connectivity index (χ1) is 14.1. The second-order valence-corrected chi connectivity index (χ2v) is 9.66. The fraction of sp³-hybridized carbons (Fsp3) is 0.600. The van der Waals surface area contributed by atoms with Gasteiger partial charge in [0.05, 0.1) is 18.0 Å². The van der Waals surface area contributed by atoms with Gasteiger partial charge in [0, 0.05) is 32.2 Å². The number of hydrogen-bond donors (Lipinski definition) is 2. The second kappa shape index (κ2) is 10.9. The molecule has 0 spiro atoms. The molecule has 2 fully saturated rings. The van der Waals surface area contributed by atoms with Gasteiger partial charge in [0.25, 0.3) is 0 Å². The number of nitrogens with zero attached hydrogens (tertiary/aromatic N) is 2. The standard InChI is InChI=1S/C18H28N2O3S.C2H2O4/c1-15-12-19(13-16(2)23-15)18-8-10-20(11-9-18)24(21,22)14-17-6-4-3-5-7-17;3-1(4)2(5)6/h3-7,15-16,18H,8-14H2,1-2H3;(H,3,4)(H,5,6). The number of carboxylic acids is 2. The zero-order chi connectivity index (χ0) is 22.3. The van der Waals surface area contributed by atoms with Crippen LogP contribution in [0.4, 0.5) is 0 Å². The number of rotatable bonds is 4. The van der Waals surface area contributed by atoms with E-state index in [1.54, 1.807) is 4.31 Å². The molecule has 0 aromatic heterocycles. The average molecular weight is 443 g/mol. The monoisotopic (exact) mass is 442 g/mol. The Bertz CT molecular complexity index is 786. The van der Waals surface area contributed by atoms with Crippen molar-refractivity contribution in [2.75, 3.05) is 26.2 Å². The van der Waals surface area contributed by atoms with Crippen LogP contribution in [0.15, 0.2) is 30.3 Å². The second-order valence-electron chi connectivity index (χ2n) is 7.69. The van der Waals surface area contributed by atoms with Crippen LogP contribution in [-0.2, 0) is 30.1 Å². The molecule has 2 heterocycles. The summed E-state index contributed by atoms with van der Waals surface area (Å²) in [6.07, 6.45) is 2.34. The molecule has 0 radical (unpaired) electrons. The van der Waals surface area contributed by atoms with Crippen molar-refractivity contribution < 1.29 is 33.0 Å². The van der Waals surface area contributed by atoms with E-state index in [4.69, 9.17) is 24.5 Å². The zero-order valence-corrected chi connectivity index (χ0v) is 18.1. The van der Waals surface area contributed by atoms with E-state index < -0.39 is 22.0 Å². The van der Waals surface area contributed by atoms with Crippen LogP contribution in [0.1, 0.15) is 32.3 Å². The van der Waals surface area contributed by atoms with Crippen molar-refractivity contribution in [3.05, 3.63) is 35.9 Å². The summed E-state index contributed by atoms with van der Waals surface area (Å²) in [7, 11) is -3.22. The van der Waals surface area contributed by atoms with Crippen molar-refractivity contribution in [2.45, 2.75) is 50.7 Å². The largest absolute Gasteiger partial charge is 0.473 e. The molecule has 168 valence electrons. The highest BCUT2D eigenvalue weighted by Gasteiger charge is 2.33. The SMILES string of the molecule is CC1CN(C2CCN(S(=O)(=O)Cc3ccccc3)CC2)CC(C)O1.O=C(O)C(=O)O. The van der Waals surface area contributed by atoms with E-state index in [2.05, 4.69) is 18.7 Å². The van der Waals surface area contributed by atoms with Crippen LogP contribution in [-0.4, -0.2) is 84.2 Å². The molecule has 2 aliphatic heterocycles. The van der Waals surface area contributed by atoms with Crippen LogP contribution in [0.25, 0.3) is 0 Å². The number of sulfonamides is 1. The Morgan fingerprint density at radius 3 is 1.97 bits per heavy atom. The molecule has 0 saturated carbocycles. The molecule has 0 aliphatic carbocycles. The number of carbonyl (C=O) groups is 2. The molecule has 2 saturated heterocycles. The number of carboxylic acid groups (broad SMARTS) is 2. The molecule has 9 nitrogen and oxygen atoms in total. The van der Waals surface area contributed by atoms with Gasteiger partial charge in [0.15, 0.2) is 0 Å². The third-order valence-corrected chi connectivity index (χ3v) is 7.01. The fourth-order valence-electron chi connectivity index (χ4n) is 3.88. The summed E-state index contributed by atoms with van der Waals surface area (Å²) in [6.45, 7) is 7.38. The van der Waals surface area contributed by atoms with Crippen LogP contribution >= 0.6 is 0 Å². The molecule has 0 amide bonds. The summed E-state index contributed by atoms with van der Waals surface area (Å²) in [5.74, 6) is -3.55. The number of aliphatic carboxylic acids is 2. The predicted octanol–water partition coefficient (Wildman–Crippen LogP) is 1.25. The van der Waals surface area contributed by atoms with Gasteiger partial charge in [0.2, 0.25) is 10.0 Å². The Morgan fingerprint density at radius 1 is 1.00 bits per heavy atom. The first-order valence-corrected chi connectivity index (χ1v) is 11.6. The van der Waals surface area contributed by atoms with Crippen molar-refractivity contribution in [3.8, 4) is 0 Å². The lowest BCUT2D eigenvalue weighted by atomic mass is 10.0. The van der Waals surface area contributed by atoms with E-state index in [0.29, 0.717) is 19.1 Å². The maximum Gasteiger partial charge on any atom is 0.414 e. The van der Waals surface area contributed by atoms with E-state index in [-0.39, 0.29) is 18.0 Å². The summed E-state index contributed by atoms with van der Waals surface area (Å²) in [6, 6.07) is 9.91. The molecular weight excluding hydrogens is 412 g/mol. The Morgan fingerprint density at radius 2 is 1.50 bits per heavy atom. The van der Waals surface area contributed by atoms with E-state index in [9.17, 15) is 8.42 Å². The molecule has 2 N–H and O–H groups in total. The minimum atomic E-state index is -3.22. The Labute approximate surface area is 177 Å². The summed E-state index contributed by atoms with van der Waals surface area (Å²) in [4.78, 5) is 20.7. The van der Waals surface area contributed by atoms with Gasteiger partial charge in [-0.15, -0.1) is 0 Å². The highest BCUT2D eigenvalue weighted by atomic mass is 32.2. The van der Waals surface area contributed by atoms with Gasteiger partial charge in [-0.05, 0) is 32.3 Å². The highest BCUT2D eigenvalue weighted by molar-refractivity contribution is 7.88. The van der Waals surface area contributed by atoms with Crippen LogP contribution in [0, 0.1) is 0 Å². The highest BCUT2D eigenvalue weighted by Crippen LogP contribution is 2.24. The van der Waals surface area contributed by atoms with Gasteiger partial charge in [-0.1, -0.05) is 30.3 Å². The Balaban J connectivity index is 0.000000469. The molecule has 2 atom stereocenters. The molecule has 1 aromatic rings. The first-order valence-electron chi connectivity index (χ1n) is 9.96. The van der Waals surface area contributed by atoms with Crippen molar-refractivity contribution in [2.24, 2.45) is 0 Å². The lowest BCUT2D eigenvalue weighted by Crippen LogP contribution is -2.53. The molecule has 30 heavy (non-hydrogen) atoms. The average Bonchev–Trinajstić information content (AvgIpc) is 2.68. The Kier molecular flexibility index (Phi) is 8.78. The lowest BCUT2D eigenvalue weighted by molar-refractivity contribution is -0.159. The minimum absolute atomic E-state index is 0.101. The van der Waals surface area contributed by atoms with Crippen molar-refractivity contribution in [1.29, 1.82) is 0 Å². The molecule has 10 heteroatoms. The van der Waals surface area contributed by atoms with Crippen molar-refractivity contribution in [1.82, 2.24) is 9.21 Å². The van der Waals surface area contributed by atoms with Crippen LogP contribution in [0.3, 0.4) is 0 Å². The van der Waals surface area contributed by atoms with Gasteiger partial charge >= 0.3 is 11.9 Å². The molecule has 0 bridgehead atoms. The Hall–Kier alpha value is -2.01. The summed E-state index contributed by atoms with van der Waals surface area (Å²) in [5, 5.41) is 14.8. The van der Waals surface area contributed by atoms with E-state index >= 15 is 0 Å². The summed E-state index contributed by atoms with van der Waals surface area (Å²) >= 11 is 0. The number of piperidine rings is 1. The van der Waals surface area contributed by atoms with Crippen LogP contribution in [0.2, 0.25) is 0 Å². The van der Waals surface area contributed by atoms with Crippen molar-refractivity contribution in [3.63, 3.8) is 0 Å². The minimum Gasteiger partial charge on any atom is -0.473 e. The molecular formula is C20H30N2O7S. The number of benzene rings is 1. The molecule has 2 unspecified atom stereocenters. The number of hydrogen-bond acceptors (Lipinski definition) is 6. The van der Waals surface area contributed by atoms with Gasteiger partial charge < -0.3 is 14.9 Å². The van der Waals surface area contributed by atoms with E-state index in [1.165, 1.54) is 0 Å². The van der Waals surface area contributed by atoms with Crippen LogP contribution < -0.4 is 0 Å². The maximum atomic E-state index is 12.6. The first kappa shape index (κ1) is 24.3. The summed E-state index contributed by atoms with van der Waals surface area (Å²) in [5.41, 5.74) is 0.857. The van der Waals surface area contributed by atoms with E-state index in [0.717, 1.165) is 31.5 Å². The van der Waals surface area contributed by atoms with Gasteiger partial charge in [-0.2, -0.15) is 0 Å². The summed E-state index contributed by atoms with van der Waals surface area (Å²) < 4.78 is 32.7. The smallest absolute Gasteiger partial charge is 0.414 e. The maximum absolute atomic E-state index is 12.6. The lowest BCUT2D eigenvalue weighted by Gasteiger charge is -2.43. The van der Waals surface area contributed by atoms with Crippen molar-refractivity contribution >= 4 is 22.0 Å². The predicted molar refractivity (Wildman–Crippen MR) is 111 cm³/mol. The normalized spacial score (nSPS) is 23.9. The van der Waals surface area contributed by atoms with E-state index in [1.807, 2.05) is 30.3 Å². The third-order valence-electron chi connectivity index (χ3n) is 5.16. The molecule has 1 aromatic carbocycles. The zero-order valence-electron chi connectivity index (χ0n) is 17.3. The van der Waals surface area contributed by atoms with Gasteiger partial charge in [-0.25, -0.2) is 22.3 Å². The van der Waals surface area contributed by atoms with Gasteiger partial charge in [0.1, 0.15) is 0 Å². The number of morpholine rings is 1. The van der Waals surface area contributed by atoms with Crippen LogP contribution in [0.5, 0.6) is 0 Å². The fourth-order valence-corrected chi connectivity index (χ4v) is 5.44. The number of ether oxygens (including phenoxy) is 1. The van der Waals surface area contributed by atoms with Gasteiger partial charge in [-0.3, -0.25) is 4.90 Å². The quantitative estimate of drug-likeness (QED) is 0.668.